The minimum atomic E-state index is -0.768. The van der Waals surface area contributed by atoms with Crippen LogP contribution in [0.1, 0.15) is 24.5 Å². The molecule has 0 amide bonds. The monoisotopic (exact) mass is 278 g/mol. The molecule has 1 fully saturated rings. The van der Waals surface area contributed by atoms with Gasteiger partial charge in [-0.3, -0.25) is 19.8 Å². The van der Waals surface area contributed by atoms with Crippen LogP contribution in [0.5, 0.6) is 0 Å². The van der Waals surface area contributed by atoms with Crippen LogP contribution in [0.15, 0.2) is 18.2 Å². The number of likely N-dealkylation sites (tertiary alicyclic amines) is 1. The van der Waals surface area contributed by atoms with E-state index in [1.807, 2.05) is 13.0 Å². The van der Waals surface area contributed by atoms with Crippen LogP contribution >= 0.6 is 0 Å². The zero-order valence-corrected chi connectivity index (χ0v) is 11.6. The van der Waals surface area contributed by atoms with E-state index < -0.39 is 5.97 Å². The van der Waals surface area contributed by atoms with E-state index in [9.17, 15) is 14.9 Å². The maximum atomic E-state index is 11.1. The number of rotatable bonds is 4. The highest BCUT2D eigenvalue weighted by Crippen LogP contribution is 2.28. The Labute approximate surface area is 117 Å². The molecular weight excluding hydrogens is 260 g/mol. The van der Waals surface area contributed by atoms with Gasteiger partial charge in [-0.05, 0) is 32.4 Å². The highest BCUT2D eigenvalue weighted by atomic mass is 16.6. The SMILES string of the molecule is Cc1c(CN2CCC(C(=O)O)C2C)cccc1[N+](=O)[O-]. The number of carboxylic acids is 1. The van der Waals surface area contributed by atoms with E-state index in [1.54, 1.807) is 13.0 Å². The Bertz CT molecular complexity index is 544. The van der Waals surface area contributed by atoms with Crippen molar-refractivity contribution in [2.75, 3.05) is 6.54 Å². The molecule has 1 heterocycles. The minimum Gasteiger partial charge on any atom is -0.481 e. The molecule has 108 valence electrons. The predicted octanol–water partition coefficient (Wildman–Crippen LogP) is 2.20. The maximum Gasteiger partial charge on any atom is 0.308 e. The minimum absolute atomic E-state index is 0.0498. The van der Waals surface area contributed by atoms with Crippen molar-refractivity contribution in [3.63, 3.8) is 0 Å². The van der Waals surface area contributed by atoms with Gasteiger partial charge in [0, 0.05) is 24.2 Å². The summed E-state index contributed by atoms with van der Waals surface area (Å²) < 4.78 is 0. The maximum absolute atomic E-state index is 11.1. The third-order valence-corrected chi connectivity index (χ3v) is 4.19. The molecule has 0 spiro atoms. The average molecular weight is 278 g/mol. The van der Waals surface area contributed by atoms with E-state index in [2.05, 4.69) is 4.90 Å². The third-order valence-electron chi connectivity index (χ3n) is 4.19. The molecule has 1 saturated heterocycles. The average Bonchev–Trinajstić information content (AvgIpc) is 2.73. The summed E-state index contributed by atoms with van der Waals surface area (Å²) in [5.74, 6) is -1.12. The molecule has 0 bridgehead atoms. The first-order chi connectivity index (χ1) is 9.41. The van der Waals surface area contributed by atoms with Crippen LogP contribution in [0.2, 0.25) is 0 Å². The number of nitro groups is 1. The van der Waals surface area contributed by atoms with Crippen LogP contribution in [0.4, 0.5) is 5.69 Å². The molecule has 1 aromatic rings. The van der Waals surface area contributed by atoms with Gasteiger partial charge in [-0.25, -0.2) is 0 Å². The van der Waals surface area contributed by atoms with E-state index in [4.69, 9.17) is 5.11 Å². The second-order valence-electron chi connectivity index (χ2n) is 5.26. The molecule has 1 aromatic carbocycles. The van der Waals surface area contributed by atoms with Crippen LogP contribution in [0.25, 0.3) is 0 Å². The standard InChI is InChI=1S/C14H18N2O4/c1-9-11(4-3-5-13(9)16(19)20)8-15-7-6-12(10(15)2)14(17)18/h3-5,10,12H,6-8H2,1-2H3,(H,17,18). The number of nitrogens with zero attached hydrogens (tertiary/aromatic N) is 2. The van der Waals surface area contributed by atoms with Crippen molar-refractivity contribution >= 4 is 11.7 Å². The molecule has 0 aliphatic carbocycles. The molecule has 1 aliphatic heterocycles. The lowest BCUT2D eigenvalue weighted by atomic mass is 10.0. The summed E-state index contributed by atoms with van der Waals surface area (Å²) >= 11 is 0. The Balaban J connectivity index is 2.17. The number of hydrogen-bond acceptors (Lipinski definition) is 4. The number of nitro benzene ring substituents is 1. The van der Waals surface area contributed by atoms with Crippen LogP contribution < -0.4 is 0 Å². The van der Waals surface area contributed by atoms with Gasteiger partial charge in [0.2, 0.25) is 0 Å². The van der Waals surface area contributed by atoms with Gasteiger partial charge >= 0.3 is 5.97 Å². The fraction of sp³-hybridized carbons (Fsp3) is 0.500. The molecule has 1 N–H and O–H groups in total. The Kier molecular flexibility index (Phi) is 4.04. The molecule has 20 heavy (non-hydrogen) atoms. The van der Waals surface area contributed by atoms with Gasteiger partial charge in [0.05, 0.1) is 10.8 Å². The van der Waals surface area contributed by atoms with E-state index in [1.165, 1.54) is 6.07 Å². The number of carboxylic acid groups (broad SMARTS) is 1. The van der Waals surface area contributed by atoms with Crippen molar-refractivity contribution in [1.82, 2.24) is 4.90 Å². The first-order valence-electron chi connectivity index (χ1n) is 6.61. The van der Waals surface area contributed by atoms with Crippen molar-refractivity contribution in [1.29, 1.82) is 0 Å². The lowest BCUT2D eigenvalue weighted by molar-refractivity contribution is -0.385. The van der Waals surface area contributed by atoms with Gasteiger partial charge in [0.1, 0.15) is 0 Å². The summed E-state index contributed by atoms with van der Waals surface area (Å²) in [5.41, 5.74) is 1.66. The van der Waals surface area contributed by atoms with Crippen molar-refractivity contribution in [3.8, 4) is 0 Å². The first-order valence-corrected chi connectivity index (χ1v) is 6.61. The molecule has 1 aliphatic rings. The molecule has 2 rings (SSSR count). The van der Waals surface area contributed by atoms with Gasteiger partial charge < -0.3 is 5.11 Å². The van der Waals surface area contributed by atoms with Gasteiger partial charge in [-0.1, -0.05) is 12.1 Å². The first kappa shape index (κ1) is 14.5. The Morgan fingerprint density at radius 1 is 1.55 bits per heavy atom. The van der Waals surface area contributed by atoms with Gasteiger partial charge in [0.15, 0.2) is 0 Å². The molecule has 6 heteroatoms. The summed E-state index contributed by atoms with van der Waals surface area (Å²) in [5, 5.41) is 20.1. The molecule has 0 aromatic heterocycles. The summed E-state index contributed by atoms with van der Waals surface area (Å²) in [6, 6.07) is 4.98. The van der Waals surface area contributed by atoms with Crippen molar-refractivity contribution in [2.24, 2.45) is 5.92 Å². The largest absolute Gasteiger partial charge is 0.481 e. The molecule has 0 radical (unpaired) electrons. The second kappa shape index (κ2) is 5.58. The van der Waals surface area contributed by atoms with Crippen LogP contribution in [-0.2, 0) is 11.3 Å². The summed E-state index contributed by atoms with van der Waals surface area (Å²) in [7, 11) is 0. The van der Waals surface area contributed by atoms with E-state index in [0.717, 1.165) is 5.56 Å². The van der Waals surface area contributed by atoms with Gasteiger partial charge in [-0.15, -0.1) is 0 Å². The zero-order chi connectivity index (χ0) is 14.9. The van der Waals surface area contributed by atoms with Gasteiger partial charge in [-0.2, -0.15) is 0 Å². The normalized spacial score (nSPS) is 22.9. The van der Waals surface area contributed by atoms with E-state index >= 15 is 0 Å². The third kappa shape index (κ3) is 2.65. The molecule has 0 saturated carbocycles. The highest BCUT2D eigenvalue weighted by molar-refractivity contribution is 5.71. The smallest absolute Gasteiger partial charge is 0.308 e. The summed E-state index contributed by atoms with van der Waals surface area (Å²) in [6.07, 6.45) is 0.629. The second-order valence-corrected chi connectivity index (χ2v) is 5.26. The predicted molar refractivity (Wildman–Crippen MR) is 73.4 cm³/mol. The number of benzene rings is 1. The van der Waals surface area contributed by atoms with Crippen LogP contribution in [0.3, 0.4) is 0 Å². The number of hydrogen-bond donors (Lipinski definition) is 1. The Morgan fingerprint density at radius 2 is 2.25 bits per heavy atom. The summed E-state index contributed by atoms with van der Waals surface area (Å²) in [4.78, 5) is 23.7. The van der Waals surface area contributed by atoms with Gasteiger partial charge in [0.25, 0.3) is 5.69 Å². The lowest BCUT2D eigenvalue weighted by Gasteiger charge is -2.23. The molecule has 2 atom stereocenters. The topological polar surface area (TPSA) is 83.7 Å². The van der Waals surface area contributed by atoms with Crippen LogP contribution in [0, 0.1) is 23.0 Å². The van der Waals surface area contributed by atoms with Crippen LogP contribution in [-0.4, -0.2) is 33.5 Å². The summed E-state index contributed by atoms with van der Waals surface area (Å²) in [6.45, 7) is 4.90. The van der Waals surface area contributed by atoms with Crippen molar-refractivity contribution in [3.05, 3.63) is 39.4 Å². The van der Waals surface area contributed by atoms with E-state index in [0.29, 0.717) is 25.1 Å². The molecular formula is C14H18N2O4. The zero-order valence-electron chi connectivity index (χ0n) is 11.6. The number of carbonyl (C=O) groups is 1. The van der Waals surface area contributed by atoms with E-state index in [-0.39, 0.29) is 22.6 Å². The van der Waals surface area contributed by atoms with Crippen molar-refractivity contribution in [2.45, 2.75) is 32.9 Å². The quantitative estimate of drug-likeness (QED) is 0.674. The Hall–Kier alpha value is -1.95. The van der Waals surface area contributed by atoms with Crippen molar-refractivity contribution < 1.29 is 14.8 Å². The molecule has 2 unspecified atom stereocenters. The fourth-order valence-corrected chi connectivity index (χ4v) is 2.81. The molecule has 6 nitrogen and oxygen atoms in total. The number of aliphatic carboxylic acids is 1. The highest BCUT2D eigenvalue weighted by Gasteiger charge is 2.35. The Morgan fingerprint density at radius 3 is 2.80 bits per heavy atom. The lowest BCUT2D eigenvalue weighted by Crippen LogP contribution is -2.32. The fourth-order valence-electron chi connectivity index (χ4n) is 2.81.